The van der Waals surface area contributed by atoms with Gasteiger partial charge in [-0.05, 0) is 38.0 Å². The Bertz CT molecular complexity index is 571. The van der Waals surface area contributed by atoms with Crippen molar-refractivity contribution in [3.8, 4) is 11.5 Å². The number of hydrogen-bond acceptors (Lipinski definition) is 4. The number of aromatic hydroxyl groups is 1. The molecule has 0 aliphatic carbocycles. The van der Waals surface area contributed by atoms with Gasteiger partial charge in [0.15, 0.2) is 0 Å². The van der Waals surface area contributed by atoms with Crippen LogP contribution in [0.25, 0.3) is 0 Å². The number of aliphatic carboxylic acids is 1. The van der Waals surface area contributed by atoms with Crippen molar-refractivity contribution in [2.45, 2.75) is 19.8 Å². The van der Waals surface area contributed by atoms with Gasteiger partial charge >= 0.3 is 5.97 Å². The third-order valence-electron chi connectivity index (χ3n) is 3.93. The van der Waals surface area contributed by atoms with Crippen molar-refractivity contribution in [3.05, 3.63) is 23.8 Å². The van der Waals surface area contributed by atoms with Gasteiger partial charge in [-0.2, -0.15) is 0 Å². The van der Waals surface area contributed by atoms with E-state index >= 15 is 0 Å². The van der Waals surface area contributed by atoms with Crippen LogP contribution in [0.1, 0.15) is 30.1 Å². The fraction of sp³-hybridized carbons (Fsp3) is 0.467. The van der Waals surface area contributed by atoms with Gasteiger partial charge in [-0.15, -0.1) is 0 Å². The lowest BCUT2D eigenvalue weighted by atomic mass is 9.82. The van der Waals surface area contributed by atoms with E-state index in [0.29, 0.717) is 25.1 Å². The van der Waals surface area contributed by atoms with E-state index < -0.39 is 11.4 Å². The number of carboxylic acid groups (broad SMARTS) is 1. The van der Waals surface area contributed by atoms with Crippen molar-refractivity contribution in [2.24, 2.45) is 5.41 Å². The van der Waals surface area contributed by atoms with Crippen LogP contribution >= 0.6 is 0 Å². The Morgan fingerprint density at radius 2 is 2.10 bits per heavy atom. The quantitative estimate of drug-likeness (QED) is 0.886. The summed E-state index contributed by atoms with van der Waals surface area (Å²) < 4.78 is 5.05. The van der Waals surface area contributed by atoms with Gasteiger partial charge in [0.2, 0.25) is 0 Å². The maximum Gasteiger partial charge on any atom is 0.311 e. The van der Waals surface area contributed by atoms with E-state index in [-0.39, 0.29) is 23.8 Å². The Labute approximate surface area is 122 Å². The van der Waals surface area contributed by atoms with Gasteiger partial charge in [0, 0.05) is 13.1 Å². The summed E-state index contributed by atoms with van der Waals surface area (Å²) in [6, 6.07) is 4.42. The smallest absolute Gasteiger partial charge is 0.311 e. The Kier molecular flexibility index (Phi) is 4.06. The molecule has 1 aromatic carbocycles. The van der Waals surface area contributed by atoms with Crippen molar-refractivity contribution in [3.63, 3.8) is 0 Å². The standard InChI is InChI=1S/C15H19NO5/c1-15(14(19)20)6-3-7-16(9-15)13(18)11-8-10(21-2)4-5-12(11)17/h4-5,8,17H,3,6-7,9H2,1-2H3,(H,19,20). The number of piperidine rings is 1. The van der Waals surface area contributed by atoms with Crippen LogP contribution in [0.5, 0.6) is 11.5 Å². The molecule has 1 fully saturated rings. The molecule has 2 rings (SSSR count). The highest BCUT2D eigenvalue weighted by Crippen LogP contribution is 2.32. The summed E-state index contributed by atoms with van der Waals surface area (Å²) in [6.07, 6.45) is 1.16. The summed E-state index contributed by atoms with van der Waals surface area (Å²) in [5.74, 6) is -0.953. The second-order valence-electron chi connectivity index (χ2n) is 5.58. The lowest BCUT2D eigenvalue weighted by Crippen LogP contribution is -2.48. The summed E-state index contributed by atoms with van der Waals surface area (Å²) in [7, 11) is 1.48. The molecule has 114 valence electrons. The van der Waals surface area contributed by atoms with E-state index in [0.717, 1.165) is 0 Å². The third kappa shape index (κ3) is 2.94. The minimum Gasteiger partial charge on any atom is -0.507 e. The molecule has 1 amide bonds. The number of phenols is 1. The topological polar surface area (TPSA) is 87.1 Å². The molecule has 0 aromatic heterocycles. The molecule has 1 unspecified atom stereocenters. The molecule has 1 atom stereocenters. The molecule has 21 heavy (non-hydrogen) atoms. The number of hydrogen-bond donors (Lipinski definition) is 2. The zero-order valence-corrected chi connectivity index (χ0v) is 12.1. The van der Waals surface area contributed by atoms with Gasteiger partial charge in [0.25, 0.3) is 5.91 Å². The molecule has 1 aliphatic rings. The molecule has 1 aromatic rings. The second kappa shape index (κ2) is 5.63. The molecule has 1 saturated heterocycles. The van der Waals surface area contributed by atoms with Crippen LogP contribution in [0.4, 0.5) is 0 Å². The minimum atomic E-state index is -0.942. The fourth-order valence-corrected chi connectivity index (χ4v) is 2.57. The molecule has 6 nitrogen and oxygen atoms in total. The number of amides is 1. The van der Waals surface area contributed by atoms with Gasteiger partial charge in [0.05, 0.1) is 18.1 Å². The Morgan fingerprint density at radius 3 is 2.71 bits per heavy atom. The first-order valence-electron chi connectivity index (χ1n) is 6.77. The number of rotatable bonds is 3. The predicted octanol–water partition coefficient (Wildman–Crippen LogP) is 1.73. The van der Waals surface area contributed by atoms with Crippen molar-refractivity contribution >= 4 is 11.9 Å². The Morgan fingerprint density at radius 1 is 1.38 bits per heavy atom. The molecule has 0 saturated carbocycles. The number of nitrogens with zero attached hydrogens (tertiary/aromatic N) is 1. The van der Waals surface area contributed by atoms with E-state index in [1.165, 1.54) is 24.1 Å². The highest BCUT2D eigenvalue weighted by Gasteiger charge is 2.39. The van der Waals surface area contributed by atoms with Gasteiger partial charge in [-0.3, -0.25) is 9.59 Å². The molecule has 2 N–H and O–H groups in total. The minimum absolute atomic E-state index is 0.129. The number of ether oxygens (including phenoxy) is 1. The van der Waals surface area contributed by atoms with Crippen LogP contribution in [-0.2, 0) is 4.79 Å². The summed E-state index contributed by atoms with van der Waals surface area (Å²) in [4.78, 5) is 25.3. The third-order valence-corrected chi connectivity index (χ3v) is 3.93. The SMILES string of the molecule is COc1ccc(O)c(C(=O)N2CCCC(C)(C(=O)O)C2)c1. The van der Waals surface area contributed by atoms with E-state index in [2.05, 4.69) is 0 Å². The average Bonchev–Trinajstić information content (AvgIpc) is 2.47. The van der Waals surface area contributed by atoms with E-state index in [1.807, 2.05) is 0 Å². The molecular formula is C15H19NO5. The number of benzene rings is 1. The maximum absolute atomic E-state index is 12.5. The van der Waals surface area contributed by atoms with Gasteiger partial charge in [0.1, 0.15) is 11.5 Å². The van der Waals surface area contributed by atoms with Crippen molar-refractivity contribution in [2.75, 3.05) is 20.2 Å². The van der Waals surface area contributed by atoms with Crippen molar-refractivity contribution in [1.29, 1.82) is 0 Å². The van der Waals surface area contributed by atoms with E-state index in [9.17, 15) is 19.8 Å². The number of carbonyl (C=O) groups excluding carboxylic acids is 1. The van der Waals surface area contributed by atoms with E-state index in [1.54, 1.807) is 13.0 Å². The number of carboxylic acids is 1. The molecule has 0 bridgehead atoms. The van der Waals surface area contributed by atoms with Gasteiger partial charge < -0.3 is 19.8 Å². The predicted molar refractivity (Wildman–Crippen MR) is 75.5 cm³/mol. The second-order valence-corrected chi connectivity index (χ2v) is 5.58. The lowest BCUT2D eigenvalue weighted by Gasteiger charge is -2.37. The monoisotopic (exact) mass is 293 g/mol. The zero-order valence-electron chi connectivity index (χ0n) is 12.1. The highest BCUT2D eigenvalue weighted by molar-refractivity contribution is 5.97. The van der Waals surface area contributed by atoms with Gasteiger partial charge in [-0.25, -0.2) is 0 Å². The van der Waals surface area contributed by atoms with Crippen LogP contribution in [0.2, 0.25) is 0 Å². The van der Waals surface area contributed by atoms with E-state index in [4.69, 9.17) is 4.74 Å². The molecular weight excluding hydrogens is 274 g/mol. The number of carbonyl (C=O) groups is 2. The fourth-order valence-electron chi connectivity index (χ4n) is 2.57. The summed E-state index contributed by atoms with van der Waals surface area (Å²) in [5, 5.41) is 19.1. The van der Waals surface area contributed by atoms with Crippen LogP contribution in [0.3, 0.4) is 0 Å². The van der Waals surface area contributed by atoms with Crippen LogP contribution < -0.4 is 4.74 Å². The number of methoxy groups -OCH3 is 1. The molecule has 6 heteroatoms. The molecule has 0 spiro atoms. The van der Waals surface area contributed by atoms with Crippen LogP contribution in [0.15, 0.2) is 18.2 Å². The summed E-state index contributed by atoms with van der Waals surface area (Å²) >= 11 is 0. The van der Waals surface area contributed by atoms with Crippen molar-refractivity contribution < 1.29 is 24.5 Å². The molecule has 1 heterocycles. The highest BCUT2D eigenvalue weighted by atomic mass is 16.5. The molecule has 0 radical (unpaired) electrons. The van der Waals surface area contributed by atoms with Gasteiger partial charge in [-0.1, -0.05) is 0 Å². The maximum atomic E-state index is 12.5. The van der Waals surface area contributed by atoms with Crippen LogP contribution in [0, 0.1) is 5.41 Å². The summed E-state index contributed by atoms with van der Waals surface area (Å²) in [5.41, 5.74) is -0.813. The molecule has 1 aliphatic heterocycles. The lowest BCUT2D eigenvalue weighted by molar-refractivity contribution is -0.150. The first kappa shape index (κ1) is 15.2. The largest absolute Gasteiger partial charge is 0.507 e. The average molecular weight is 293 g/mol. The summed E-state index contributed by atoms with van der Waals surface area (Å²) in [6.45, 7) is 2.26. The Hall–Kier alpha value is -2.24. The first-order chi connectivity index (χ1) is 9.87. The number of phenolic OH excluding ortho intramolecular Hbond substituents is 1. The van der Waals surface area contributed by atoms with Crippen LogP contribution in [-0.4, -0.2) is 47.2 Å². The first-order valence-corrected chi connectivity index (χ1v) is 6.77. The van der Waals surface area contributed by atoms with Crippen molar-refractivity contribution in [1.82, 2.24) is 4.90 Å². The Balaban J connectivity index is 2.26. The zero-order chi connectivity index (χ0) is 15.6. The normalized spacial score (nSPS) is 21.9. The number of likely N-dealkylation sites (tertiary alicyclic amines) is 1.